The number of carbonyl (C=O) groups is 1. The van der Waals surface area contributed by atoms with Crippen LogP contribution < -0.4 is 10.2 Å². The van der Waals surface area contributed by atoms with Crippen molar-refractivity contribution in [2.45, 2.75) is 231 Å². The van der Waals surface area contributed by atoms with Gasteiger partial charge in [-0.1, -0.05) is 203 Å². The number of hydrogen-bond acceptors (Lipinski definition) is 6. The van der Waals surface area contributed by atoms with E-state index in [4.69, 9.17) is 9.05 Å². The van der Waals surface area contributed by atoms with Gasteiger partial charge in [-0.2, -0.15) is 0 Å². The third kappa shape index (κ3) is 46.2. The Hall–Kier alpha value is -1.80. The molecule has 0 rings (SSSR count). The van der Waals surface area contributed by atoms with E-state index in [9.17, 15) is 19.4 Å². The first-order valence-electron chi connectivity index (χ1n) is 25.7. The molecule has 0 bridgehead atoms. The summed E-state index contributed by atoms with van der Waals surface area (Å²) in [5.74, 6) is -0.221. The normalized spacial score (nSPS) is 14.6. The maximum absolute atomic E-state index is 12.9. The topological polar surface area (TPSA) is 108 Å². The third-order valence-electron chi connectivity index (χ3n) is 11.2. The van der Waals surface area contributed by atoms with Crippen LogP contribution in [0.5, 0.6) is 0 Å². The van der Waals surface area contributed by atoms with E-state index in [1.54, 1.807) is 6.08 Å². The Bertz CT molecular complexity index is 1190. The predicted molar refractivity (Wildman–Crippen MR) is 265 cm³/mol. The van der Waals surface area contributed by atoms with Gasteiger partial charge < -0.3 is 28.8 Å². The molecule has 0 aromatic heterocycles. The molecule has 62 heavy (non-hydrogen) atoms. The molecule has 3 atom stereocenters. The fourth-order valence-electron chi connectivity index (χ4n) is 7.12. The minimum Gasteiger partial charge on any atom is -0.756 e. The molecule has 8 nitrogen and oxygen atoms in total. The quantitative estimate of drug-likeness (QED) is 0.0273. The molecular formula is C53H99N2O6P. The zero-order chi connectivity index (χ0) is 45.7. The highest BCUT2D eigenvalue weighted by atomic mass is 31.2. The first kappa shape index (κ1) is 60.2. The largest absolute Gasteiger partial charge is 0.756 e. The summed E-state index contributed by atoms with van der Waals surface area (Å²) in [7, 11) is 1.23. The lowest BCUT2D eigenvalue weighted by Crippen LogP contribution is -2.45. The van der Waals surface area contributed by atoms with E-state index in [0.717, 1.165) is 64.2 Å². The molecule has 0 heterocycles. The monoisotopic (exact) mass is 891 g/mol. The summed E-state index contributed by atoms with van der Waals surface area (Å²) in [6, 6.07) is -0.913. The summed E-state index contributed by atoms with van der Waals surface area (Å²) in [4.78, 5) is 25.4. The van der Waals surface area contributed by atoms with Gasteiger partial charge in [-0.05, 0) is 70.6 Å². The van der Waals surface area contributed by atoms with Crippen molar-refractivity contribution >= 4 is 13.7 Å². The molecule has 0 saturated carbocycles. The molecule has 362 valence electrons. The molecule has 1 amide bonds. The number of hydrogen-bond donors (Lipinski definition) is 2. The van der Waals surface area contributed by atoms with Gasteiger partial charge in [0.25, 0.3) is 7.82 Å². The number of phosphoric ester groups is 1. The molecule has 0 spiro atoms. The van der Waals surface area contributed by atoms with Crippen LogP contribution in [0.3, 0.4) is 0 Å². The van der Waals surface area contributed by atoms with Gasteiger partial charge in [0, 0.05) is 6.42 Å². The SMILES string of the molecule is CCCCCCC/C=C\C/C=C\C/C=C\CCCCCCCCC(=O)NC(COP(=O)([O-])OCC[N+](C)(C)C)C(O)/C=C/CC/C=C/CCCCCCCCCCCCCCC. The lowest BCUT2D eigenvalue weighted by molar-refractivity contribution is -0.870. The molecule has 0 aliphatic carbocycles. The lowest BCUT2D eigenvalue weighted by atomic mass is 10.0. The number of nitrogens with zero attached hydrogens (tertiary/aromatic N) is 1. The average molecular weight is 891 g/mol. The fourth-order valence-corrected chi connectivity index (χ4v) is 7.84. The molecule has 0 aliphatic heterocycles. The number of rotatable bonds is 46. The second-order valence-corrected chi connectivity index (χ2v) is 19.9. The van der Waals surface area contributed by atoms with Crippen LogP contribution in [0.1, 0.15) is 219 Å². The third-order valence-corrected chi connectivity index (χ3v) is 12.2. The van der Waals surface area contributed by atoms with E-state index < -0.39 is 26.6 Å². The lowest BCUT2D eigenvalue weighted by Gasteiger charge is -2.29. The van der Waals surface area contributed by atoms with Gasteiger partial charge in [-0.25, -0.2) is 0 Å². The molecule has 0 aromatic carbocycles. The van der Waals surface area contributed by atoms with Gasteiger partial charge in [-0.3, -0.25) is 9.36 Å². The van der Waals surface area contributed by atoms with Gasteiger partial charge in [0.05, 0.1) is 39.9 Å². The maximum Gasteiger partial charge on any atom is 0.268 e. The van der Waals surface area contributed by atoms with Crippen LogP contribution in [0.25, 0.3) is 0 Å². The second-order valence-electron chi connectivity index (χ2n) is 18.5. The molecule has 0 fully saturated rings. The van der Waals surface area contributed by atoms with Crippen molar-refractivity contribution in [3.63, 3.8) is 0 Å². The Kier molecular flexibility index (Phi) is 43.1. The van der Waals surface area contributed by atoms with E-state index in [-0.39, 0.29) is 12.5 Å². The van der Waals surface area contributed by atoms with Gasteiger partial charge in [-0.15, -0.1) is 0 Å². The molecule has 2 N–H and O–H groups in total. The van der Waals surface area contributed by atoms with E-state index in [1.165, 1.54) is 135 Å². The second kappa shape index (κ2) is 44.4. The van der Waals surface area contributed by atoms with Crippen molar-refractivity contribution < 1.29 is 32.9 Å². The molecule has 9 heteroatoms. The van der Waals surface area contributed by atoms with Crippen LogP contribution in [0, 0.1) is 0 Å². The summed E-state index contributed by atoms with van der Waals surface area (Å²) in [5.41, 5.74) is 0. The van der Waals surface area contributed by atoms with E-state index in [1.807, 2.05) is 27.2 Å². The first-order chi connectivity index (χ1) is 30.0. The smallest absolute Gasteiger partial charge is 0.268 e. The number of quaternary nitrogens is 1. The van der Waals surface area contributed by atoms with Crippen LogP contribution in [-0.4, -0.2) is 68.5 Å². The summed E-state index contributed by atoms with van der Waals surface area (Å²) in [5, 5.41) is 13.8. The zero-order valence-corrected chi connectivity index (χ0v) is 42.0. The molecule has 3 unspecified atom stereocenters. The molecule has 0 radical (unpaired) electrons. The Morgan fingerprint density at radius 1 is 0.565 bits per heavy atom. The number of aliphatic hydroxyl groups excluding tert-OH is 1. The zero-order valence-electron chi connectivity index (χ0n) is 41.1. The Morgan fingerprint density at radius 2 is 0.952 bits per heavy atom. The molecule has 0 aromatic rings. The van der Waals surface area contributed by atoms with E-state index in [0.29, 0.717) is 17.4 Å². The number of phosphoric acid groups is 1. The van der Waals surface area contributed by atoms with Crippen molar-refractivity contribution in [3.05, 3.63) is 60.8 Å². The van der Waals surface area contributed by atoms with Crippen LogP contribution in [0.2, 0.25) is 0 Å². The summed E-state index contributed by atoms with van der Waals surface area (Å²) < 4.78 is 23.3. The van der Waals surface area contributed by atoms with Crippen LogP contribution in [-0.2, 0) is 18.4 Å². The van der Waals surface area contributed by atoms with Crippen molar-refractivity contribution in [1.29, 1.82) is 0 Å². The molecular weight excluding hydrogens is 792 g/mol. The molecule has 0 saturated heterocycles. The number of unbranched alkanes of at least 4 members (excludes halogenated alkanes) is 25. The number of aliphatic hydroxyl groups is 1. The van der Waals surface area contributed by atoms with E-state index in [2.05, 4.69) is 67.8 Å². The van der Waals surface area contributed by atoms with Crippen LogP contribution in [0.15, 0.2) is 60.8 Å². The first-order valence-corrected chi connectivity index (χ1v) is 27.1. The Balaban J connectivity index is 4.41. The van der Waals surface area contributed by atoms with Crippen LogP contribution in [0.4, 0.5) is 0 Å². The van der Waals surface area contributed by atoms with E-state index >= 15 is 0 Å². The number of carbonyl (C=O) groups excluding carboxylic acids is 1. The van der Waals surface area contributed by atoms with Gasteiger partial charge in [0.2, 0.25) is 5.91 Å². The molecule has 0 aliphatic rings. The minimum atomic E-state index is -4.61. The van der Waals surface area contributed by atoms with Gasteiger partial charge in [0.15, 0.2) is 0 Å². The highest BCUT2D eigenvalue weighted by Crippen LogP contribution is 2.38. The summed E-state index contributed by atoms with van der Waals surface area (Å²) in [6.07, 6.45) is 58.5. The Morgan fingerprint density at radius 3 is 1.42 bits per heavy atom. The highest BCUT2D eigenvalue weighted by molar-refractivity contribution is 7.45. The van der Waals surface area contributed by atoms with Crippen molar-refractivity contribution in [3.8, 4) is 0 Å². The number of likely N-dealkylation sites (N-methyl/N-ethyl adjacent to an activating group) is 1. The number of allylic oxidation sites excluding steroid dienone is 9. The predicted octanol–water partition coefficient (Wildman–Crippen LogP) is 14.3. The van der Waals surface area contributed by atoms with Crippen molar-refractivity contribution in [1.82, 2.24) is 5.32 Å². The average Bonchev–Trinajstić information content (AvgIpc) is 3.23. The highest BCUT2D eigenvalue weighted by Gasteiger charge is 2.23. The van der Waals surface area contributed by atoms with Crippen molar-refractivity contribution in [2.24, 2.45) is 0 Å². The summed E-state index contributed by atoms with van der Waals surface area (Å²) in [6.45, 7) is 4.61. The number of amides is 1. The fraction of sp³-hybridized carbons (Fsp3) is 0.792. The standard InChI is InChI=1S/C53H99N2O6P/c1-6-8-10-12-14-16-18-20-22-24-26-27-29-31-33-35-37-39-41-43-45-47-53(57)54-51(50-61-62(58,59)60-49-48-55(3,4)5)52(56)46-44-42-40-38-36-34-32-30-28-25-23-21-19-17-15-13-11-9-7-2/h18,20,24,26,29,31,36,38,44,46,51-52,56H,6-17,19,21-23,25,27-28,30,32-35,37,39-43,45,47-50H2,1-5H3,(H-,54,57,58,59)/b20-18-,26-24-,31-29-,38-36+,46-44+. The van der Waals surface area contributed by atoms with Gasteiger partial charge in [0.1, 0.15) is 13.2 Å². The minimum absolute atomic E-state index is 0.0113. The van der Waals surface area contributed by atoms with Crippen molar-refractivity contribution in [2.75, 3.05) is 40.9 Å². The summed E-state index contributed by atoms with van der Waals surface area (Å²) >= 11 is 0. The van der Waals surface area contributed by atoms with Crippen LogP contribution >= 0.6 is 7.82 Å². The Labute approximate surface area is 383 Å². The number of nitrogens with one attached hydrogen (secondary N) is 1. The van der Waals surface area contributed by atoms with Gasteiger partial charge >= 0.3 is 0 Å². The maximum atomic E-state index is 12.9.